The number of nitrogens with zero attached hydrogens (tertiary/aromatic N) is 4. The molecule has 0 aromatic carbocycles. The van der Waals surface area contributed by atoms with Crippen LogP contribution in [0.4, 0.5) is 0 Å². The summed E-state index contributed by atoms with van der Waals surface area (Å²) in [5, 5.41) is 6.34. The van der Waals surface area contributed by atoms with Crippen LogP contribution in [-0.4, -0.2) is 31.8 Å². The first-order valence-electron chi connectivity index (χ1n) is 7.46. The van der Waals surface area contributed by atoms with Crippen LogP contribution in [0.5, 0.6) is 0 Å². The van der Waals surface area contributed by atoms with Gasteiger partial charge < -0.3 is 14.6 Å². The molecular weight excluding hydrogens is 318 g/mol. The van der Waals surface area contributed by atoms with Crippen LogP contribution >= 0.6 is 0 Å². The molecule has 2 aromatic rings. The standard InChI is InChI=1S/C14H17N5O5/c1-18-8(6-11(20)19(2)14(18)22)12(21)15-7-10-16-13(24-17-10)9-4-3-5-23-9/h6,9H,3-5,7H2,1-2H3,(H,15,21). The largest absolute Gasteiger partial charge is 0.368 e. The molecule has 1 aliphatic rings. The van der Waals surface area contributed by atoms with E-state index >= 15 is 0 Å². The quantitative estimate of drug-likeness (QED) is 0.780. The van der Waals surface area contributed by atoms with Crippen LogP contribution in [0.3, 0.4) is 0 Å². The van der Waals surface area contributed by atoms with Gasteiger partial charge in [0.1, 0.15) is 11.8 Å². The second-order valence-corrected chi connectivity index (χ2v) is 5.50. The van der Waals surface area contributed by atoms with E-state index in [1.807, 2.05) is 0 Å². The Balaban J connectivity index is 1.70. The number of ether oxygens (including phenoxy) is 1. The van der Waals surface area contributed by atoms with Gasteiger partial charge in [0.15, 0.2) is 5.82 Å². The van der Waals surface area contributed by atoms with Gasteiger partial charge in [-0.1, -0.05) is 5.16 Å². The van der Waals surface area contributed by atoms with Crippen molar-refractivity contribution in [3.63, 3.8) is 0 Å². The summed E-state index contributed by atoms with van der Waals surface area (Å²) in [4.78, 5) is 39.9. The van der Waals surface area contributed by atoms with Gasteiger partial charge in [-0.05, 0) is 12.8 Å². The average molecular weight is 335 g/mol. The summed E-state index contributed by atoms with van der Waals surface area (Å²) in [6.07, 6.45) is 1.57. The second-order valence-electron chi connectivity index (χ2n) is 5.50. The van der Waals surface area contributed by atoms with Crippen LogP contribution < -0.4 is 16.6 Å². The molecule has 1 saturated heterocycles. The van der Waals surface area contributed by atoms with Crippen molar-refractivity contribution in [1.82, 2.24) is 24.6 Å². The maximum Gasteiger partial charge on any atom is 0.331 e. The minimum absolute atomic E-state index is 0.0124. The first kappa shape index (κ1) is 16.1. The van der Waals surface area contributed by atoms with Crippen molar-refractivity contribution in [2.24, 2.45) is 14.1 Å². The Kier molecular flexibility index (Phi) is 4.30. The van der Waals surface area contributed by atoms with Crippen molar-refractivity contribution in [1.29, 1.82) is 0 Å². The average Bonchev–Trinajstić information content (AvgIpc) is 3.24. The van der Waals surface area contributed by atoms with E-state index in [2.05, 4.69) is 15.5 Å². The van der Waals surface area contributed by atoms with Gasteiger partial charge in [-0.3, -0.25) is 18.7 Å². The van der Waals surface area contributed by atoms with E-state index in [1.165, 1.54) is 14.1 Å². The lowest BCUT2D eigenvalue weighted by molar-refractivity contribution is 0.0835. The summed E-state index contributed by atoms with van der Waals surface area (Å²) in [6.45, 7) is 0.675. The van der Waals surface area contributed by atoms with Crippen LogP contribution in [0, 0.1) is 0 Å². The van der Waals surface area contributed by atoms with Crippen LogP contribution in [0.25, 0.3) is 0 Å². The normalized spacial score (nSPS) is 17.2. The molecule has 0 aliphatic carbocycles. The minimum Gasteiger partial charge on any atom is -0.368 e. The lowest BCUT2D eigenvalue weighted by Gasteiger charge is -2.08. The molecule has 1 atom stereocenters. The van der Waals surface area contributed by atoms with Crippen molar-refractivity contribution >= 4 is 5.91 Å². The molecule has 10 heteroatoms. The summed E-state index contributed by atoms with van der Waals surface area (Å²) < 4.78 is 12.6. The fourth-order valence-corrected chi connectivity index (χ4v) is 2.44. The van der Waals surface area contributed by atoms with E-state index in [0.29, 0.717) is 18.3 Å². The minimum atomic E-state index is -0.576. The SMILES string of the molecule is Cn1c(C(=O)NCc2noc(C3CCCO3)n2)cc(=O)n(C)c1=O. The number of rotatable bonds is 4. The summed E-state index contributed by atoms with van der Waals surface area (Å²) >= 11 is 0. The molecular formula is C14H17N5O5. The third-order valence-electron chi connectivity index (χ3n) is 3.85. The summed E-state index contributed by atoms with van der Waals surface area (Å²) in [7, 11) is 2.76. The van der Waals surface area contributed by atoms with E-state index < -0.39 is 17.2 Å². The second kappa shape index (κ2) is 6.40. The Morgan fingerprint density at radius 2 is 2.17 bits per heavy atom. The first-order chi connectivity index (χ1) is 11.5. The Hall–Kier alpha value is -2.75. The molecule has 1 amide bonds. The third kappa shape index (κ3) is 3.00. The highest BCUT2D eigenvalue weighted by molar-refractivity contribution is 5.92. The van der Waals surface area contributed by atoms with Gasteiger partial charge in [0, 0.05) is 26.8 Å². The van der Waals surface area contributed by atoms with Crippen molar-refractivity contribution in [2.75, 3.05) is 6.61 Å². The van der Waals surface area contributed by atoms with Gasteiger partial charge in [0.25, 0.3) is 17.4 Å². The van der Waals surface area contributed by atoms with E-state index in [4.69, 9.17) is 9.26 Å². The molecule has 1 aliphatic heterocycles. The summed E-state index contributed by atoms with van der Waals surface area (Å²) in [5.74, 6) is 0.108. The van der Waals surface area contributed by atoms with Gasteiger partial charge in [0.05, 0.1) is 6.54 Å². The number of hydrogen-bond acceptors (Lipinski definition) is 7. The number of nitrogens with one attached hydrogen (secondary N) is 1. The zero-order valence-corrected chi connectivity index (χ0v) is 13.3. The number of aromatic nitrogens is 4. The highest BCUT2D eigenvalue weighted by Crippen LogP contribution is 2.26. The van der Waals surface area contributed by atoms with Crippen LogP contribution in [0.2, 0.25) is 0 Å². The van der Waals surface area contributed by atoms with Crippen molar-refractivity contribution in [2.45, 2.75) is 25.5 Å². The number of amides is 1. The fraction of sp³-hybridized carbons (Fsp3) is 0.500. The lowest BCUT2D eigenvalue weighted by atomic mass is 10.2. The zero-order valence-electron chi connectivity index (χ0n) is 13.3. The van der Waals surface area contributed by atoms with E-state index in [0.717, 1.165) is 28.0 Å². The molecule has 0 bridgehead atoms. The predicted octanol–water partition coefficient (Wildman–Crippen LogP) is -0.751. The molecule has 0 radical (unpaired) electrons. The Labute approximate surface area is 136 Å². The summed E-state index contributed by atoms with van der Waals surface area (Å²) in [6, 6.07) is 1.10. The van der Waals surface area contributed by atoms with Gasteiger partial charge >= 0.3 is 5.69 Å². The van der Waals surface area contributed by atoms with Crippen molar-refractivity contribution < 1.29 is 14.1 Å². The molecule has 2 aromatic heterocycles. The Bertz CT molecular complexity index is 874. The van der Waals surface area contributed by atoms with Gasteiger partial charge in [-0.15, -0.1) is 0 Å². The highest BCUT2D eigenvalue weighted by Gasteiger charge is 2.24. The summed E-state index contributed by atoms with van der Waals surface area (Å²) in [5.41, 5.74) is -1.16. The topological polar surface area (TPSA) is 121 Å². The molecule has 1 unspecified atom stereocenters. The van der Waals surface area contributed by atoms with Crippen molar-refractivity contribution in [3.8, 4) is 0 Å². The van der Waals surface area contributed by atoms with Gasteiger partial charge in [-0.2, -0.15) is 4.98 Å². The molecule has 0 saturated carbocycles. The van der Waals surface area contributed by atoms with E-state index in [-0.39, 0.29) is 18.3 Å². The Morgan fingerprint density at radius 1 is 1.38 bits per heavy atom. The van der Waals surface area contributed by atoms with Crippen LogP contribution in [0.1, 0.15) is 41.1 Å². The maximum atomic E-state index is 12.2. The molecule has 1 N–H and O–H groups in total. The van der Waals surface area contributed by atoms with E-state index in [1.54, 1.807) is 0 Å². The van der Waals surface area contributed by atoms with Crippen molar-refractivity contribution in [3.05, 3.63) is 44.3 Å². The molecule has 1 fully saturated rings. The Morgan fingerprint density at radius 3 is 2.88 bits per heavy atom. The van der Waals surface area contributed by atoms with Crippen LogP contribution in [0.15, 0.2) is 20.2 Å². The van der Waals surface area contributed by atoms with E-state index in [9.17, 15) is 14.4 Å². The molecule has 3 heterocycles. The predicted molar refractivity (Wildman–Crippen MR) is 80.3 cm³/mol. The monoisotopic (exact) mass is 335 g/mol. The molecule has 10 nitrogen and oxygen atoms in total. The number of hydrogen-bond donors (Lipinski definition) is 1. The molecule has 128 valence electrons. The molecule has 24 heavy (non-hydrogen) atoms. The zero-order chi connectivity index (χ0) is 17.3. The van der Waals surface area contributed by atoms with Gasteiger partial charge in [0.2, 0.25) is 0 Å². The van der Waals surface area contributed by atoms with Gasteiger partial charge in [-0.25, -0.2) is 4.79 Å². The molecule has 3 rings (SSSR count). The maximum absolute atomic E-state index is 12.2. The first-order valence-corrected chi connectivity index (χ1v) is 7.46. The molecule has 0 spiro atoms. The van der Waals surface area contributed by atoms with Crippen LogP contribution in [-0.2, 0) is 25.4 Å². The third-order valence-corrected chi connectivity index (χ3v) is 3.85. The smallest absolute Gasteiger partial charge is 0.331 e. The highest BCUT2D eigenvalue weighted by atomic mass is 16.5. The number of carbonyl (C=O) groups excluding carboxylic acids is 1. The number of carbonyl (C=O) groups is 1. The lowest BCUT2D eigenvalue weighted by Crippen LogP contribution is -2.41. The fourth-order valence-electron chi connectivity index (χ4n) is 2.44.